The highest BCUT2D eigenvalue weighted by Gasteiger charge is 2.15. The van der Waals surface area contributed by atoms with Gasteiger partial charge in [-0.05, 0) is 30.3 Å². The number of nitrogens with zero attached hydrogens (tertiary/aromatic N) is 1. The van der Waals surface area contributed by atoms with E-state index in [1.807, 2.05) is 0 Å². The second-order valence-electron chi connectivity index (χ2n) is 3.67. The predicted molar refractivity (Wildman–Crippen MR) is 71.5 cm³/mol. The van der Waals surface area contributed by atoms with Crippen molar-refractivity contribution in [1.82, 2.24) is 4.98 Å². The number of pyridine rings is 1. The number of aromatic nitrogens is 1. The van der Waals surface area contributed by atoms with Crippen molar-refractivity contribution in [2.24, 2.45) is 0 Å². The highest BCUT2D eigenvalue weighted by molar-refractivity contribution is 6.30. The van der Waals surface area contributed by atoms with Gasteiger partial charge in [0.25, 0.3) is 0 Å². The summed E-state index contributed by atoms with van der Waals surface area (Å²) in [6.45, 7) is 0. The summed E-state index contributed by atoms with van der Waals surface area (Å²) >= 11 is 5.78. The van der Waals surface area contributed by atoms with Crippen molar-refractivity contribution in [1.29, 1.82) is 0 Å². The lowest BCUT2D eigenvalue weighted by Crippen LogP contribution is -2.06. The number of hydrogen-bond donors (Lipinski definition) is 1. The van der Waals surface area contributed by atoms with Gasteiger partial charge in [0.2, 0.25) is 5.88 Å². The van der Waals surface area contributed by atoms with E-state index in [2.05, 4.69) is 9.72 Å². The van der Waals surface area contributed by atoms with Crippen LogP contribution in [0.4, 0.5) is 5.69 Å². The van der Waals surface area contributed by atoms with Crippen molar-refractivity contribution in [2.75, 3.05) is 12.8 Å². The van der Waals surface area contributed by atoms with E-state index in [1.54, 1.807) is 24.3 Å². The van der Waals surface area contributed by atoms with Crippen LogP contribution in [0.1, 0.15) is 10.4 Å². The minimum atomic E-state index is -0.566. The molecule has 0 saturated heterocycles. The number of methoxy groups -OCH3 is 1. The molecule has 0 saturated carbocycles. The lowest BCUT2D eigenvalue weighted by molar-refractivity contribution is 0.0597. The van der Waals surface area contributed by atoms with Crippen molar-refractivity contribution in [2.45, 2.75) is 0 Å². The Morgan fingerprint density at radius 2 is 2.00 bits per heavy atom. The lowest BCUT2D eigenvalue weighted by atomic mass is 10.2. The van der Waals surface area contributed by atoms with Crippen molar-refractivity contribution in [3.05, 3.63) is 47.1 Å². The molecule has 0 aliphatic rings. The van der Waals surface area contributed by atoms with Crippen molar-refractivity contribution in [3.8, 4) is 11.6 Å². The number of nitrogen functional groups attached to an aromatic ring is 1. The molecule has 0 amide bonds. The van der Waals surface area contributed by atoms with E-state index < -0.39 is 5.97 Å². The first-order valence-electron chi connectivity index (χ1n) is 5.37. The second-order valence-corrected chi connectivity index (χ2v) is 4.11. The molecule has 1 heterocycles. The van der Waals surface area contributed by atoms with Gasteiger partial charge in [-0.15, -0.1) is 0 Å². The molecule has 1 aromatic carbocycles. The molecule has 0 atom stereocenters. The summed E-state index contributed by atoms with van der Waals surface area (Å²) in [7, 11) is 1.28. The Bertz CT molecular complexity index is 599. The quantitative estimate of drug-likeness (QED) is 0.874. The molecule has 0 aliphatic heterocycles. The second kappa shape index (κ2) is 5.58. The number of anilines is 1. The van der Waals surface area contributed by atoms with Crippen LogP contribution in [0.15, 0.2) is 36.5 Å². The molecule has 6 heteroatoms. The fourth-order valence-electron chi connectivity index (χ4n) is 1.42. The van der Waals surface area contributed by atoms with E-state index in [9.17, 15) is 4.79 Å². The molecule has 0 bridgehead atoms. The number of halogens is 1. The zero-order valence-electron chi connectivity index (χ0n) is 10.1. The zero-order chi connectivity index (χ0) is 13.8. The van der Waals surface area contributed by atoms with Crippen LogP contribution in [0.2, 0.25) is 5.02 Å². The number of benzene rings is 1. The minimum absolute atomic E-state index is 0.128. The van der Waals surface area contributed by atoms with Gasteiger partial charge in [0.05, 0.1) is 19.0 Å². The standard InChI is InChI=1S/C13H11ClN2O3/c1-18-13(17)11-6-9(15)7-16-12(11)19-10-4-2-8(14)3-5-10/h2-7H,15H2,1H3. The average Bonchev–Trinajstić information content (AvgIpc) is 2.42. The van der Waals surface area contributed by atoms with Crippen LogP contribution in [-0.2, 0) is 4.74 Å². The summed E-state index contributed by atoms with van der Waals surface area (Å²) < 4.78 is 10.2. The van der Waals surface area contributed by atoms with Crippen molar-refractivity contribution in [3.63, 3.8) is 0 Å². The third-order valence-electron chi connectivity index (χ3n) is 2.31. The number of ether oxygens (including phenoxy) is 2. The normalized spacial score (nSPS) is 10.0. The van der Waals surface area contributed by atoms with E-state index in [4.69, 9.17) is 22.1 Å². The van der Waals surface area contributed by atoms with Crippen LogP contribution in [0.5, 0.6) is 11.6 Å². The van der Waals surface area contributed by atoms with E-state index in [-0.39, 0.29) is 11.4 Å². The Morgan fingerprint density at radius 3 is 2.63 bits per heavy atom. The van der Waals surface area contributed by atoms with E-state index in [1.165, 1.54) is 19.4 Å². The summed E-state index contributed by atoms with van der Waals surface area (Å²) in [5.74, 6) is 0.0685. The molecule has 0 spiro atoms. The molecule has 0 unspecified atom stereocenters. The highest BCUT2D eigenvalue weighted by atomic mass is 35.5. The average molecular weight is 279 g/mol. The van der Waals surface area contributed by atoms with Gasteiger partial charge in [-0.3, -0.25) is 0 Å². The molecule has 2 aromatic rings. The molecule has 0 aliphatic carbocycles. The van der Waals surface area contributed by atoms with Crippen LogP contribution in [0.25, 0.3) is 0 Å². The van der Waals surface area contributed by atoms with Gasteiger partial charge < -0.3 is 15.2 Å². The van der Waals surface area contributed by atoms with Gasteiger partial charge in [-0.2, -0.15) is 0 Å². The predicted octanol–water partition coefficient (Wildman–Crippen LogP) is 2.90. The van der Waals surface area contributed by atoms with Gasteiger partial charge >= 0.3 is 5.97 Å². The first-order valence-corrected chi connectivity index (χ1v) is 5.75. The third-order valence-corrected chi connectivity index (χ3v) is 2.56. The number of nitrogens with two attached hydrogens (primary N) is 1. The Morgan fingerprint density at radius 1 is 1.32 bits per heavy atom. The zero-order valence-corrected chi connectivity index (χ0v) is 10.8. The highest BCUT2D eigenvalue weighted by Crippen LogP contribution is 2.26. The topological polar surface area (TPSA) is 74.4 Å². The summed E-state index contributed by atoms with van der Waals surface area (Å²) in [4.78, 5) is 15.6. The number of rotatable bonds is 3. The molecule has 0 fully saturated rings. The number of carbonyl (C=O) groups excluding carboxylic acids is 1. The fraction of sp³-hybridized carbons (Fsp3) is 0.0769. The molecular formula is C13H11ClN2O3. The maximum Gasteiger partial charge on any atom is 0.343 e. The Kier molecular flexibility index (Phi) is 3.87. The maximum absolute atomic E-state index is 11.6. The van der Waals surface area contributed by atoms with Gasteiger partial charge in [0, 0.05) is 5.02 Å². The maximum atomic E-state index is 11.6. The molecule has 19 heavy (non-hydrogen) atoms. The lowest BCUT2D eigenvalue weighted by Gasteiger charge is -2.09. The van der Waals surface area contributed by atoms with Crippen LogP contribution in [0.3, 0.4) is 0 Å². The molecule has 98 valence electrons. The van der Waals surface area contributed by atoms with E-state index >= 15 is 0 Å². The summed E-state index contributed by atoms with van der Waals surface area (Å²) in [5, 5.41) is 0.589. The van der Waals surface area contributed by atoms with Crippen molar-refractivity contribution < 1.29 is 14.3 Å². The number of esters is 1. The first-order chi connectivity index (χ1) is 9.10. The molecule has 5 nitrogen and oxygen atoms in total. The first kappa shape index (κ1) is 13.2. The largest absolute Gasteiger partial charge is 0.465 e. The Labute approximate surface area is 114 Å². The minimum Gasteiger partial charge on any atom is -0.465 e. The smallest absolute Gasteiger partial charge is 0.343 e. The molecule has 1 aromatic heterocycles. The Balaban J connectivity index is 2.34. The van der Waals surface area contributed by atoms with Crippen LogP contribution in [0, 0.1) is 0 Å². The van der Waals surface area contributed by atoms with E-state index in [0.29, 0.717) is 16.5 Å². The molecule has 0 radical (unpaired) electrons. The van der Waals surface area contributed by atoms with Gasteiger partial charge in [-0.1, -0.05) is 11.6 Å². The molecule has 2 N–H and O–H groups in total. The monoisotopic (exact) mass is 278 g/mol. The summed E-state index contributed by atoms with van der Waals surface area (Å²) in [6.07, 6.45) is 1.40. The SMILES string of the molecule is COC(=O)c1cc(N)cnc1Oc1ccc(Cl)cc1. The molecule has 2 rings (SSSR count). The van der Waals surface area contributed by atoms with Gasteiger partial charge in [0.15, 0.2) is 0 Å². The van der Waals surface area contributed by atoms with Gasteiger partial charge in [0.1, 0.15) is 11.3 Å². The van der Waals surface area contributed by atoms with Crippen LogP contribution in [-0.4, -0.2) is 18.1 Å². The van der Waals surface area contributed by atoms with E-state index in [0.717, 1.165) is 0 Å². The number of hydrogen-bond acceptors (Lipinski definition) is 5. The third kappa shape index (κ3) is 3.14. The van der Waals surface area contributed by atoms with Crippen LogP contribution < -0.4 is 10.5 Å². The number of carbonyl (C=O) groups is 1. The van der Waals surface area contributed by atoms with Crippen molar-refractivity contribution >= 4 is 23.3 Å². The van der Waals surface area contributed by atoms with Gasteiger partial charge in [-0.25, -0.2) is 9.78 Å². The Hall–Kier alpha value is -2.27. The summed E-state index contributed by atoms with van der Waals surface area (Å²) in [5.41, 5.74) is 6.11. The van der Waals surface area contributed by atoms with Crippen LogP contribution >= 0.6 is 11.6 Å². The fourth-order valence-corrected chi connectivity index (χ4v) is 1.55. The molecular weight excluding hydrogens is 268 g/mol. The summed E-state index contributed by atoms with van der Waals surface area (Å²) in [6, 6.07) is 8.13.